The first-order valence-electron chi connectivity index (χ1n) is 8.82. The third-order valence-corrected chi connectivity index (χ3v) is 6.57. The maximum atomic E-state index is 12.5. The topological polar surface area (TPSA) is 54.3 Å². The molecule has 0 bridgehead atoms. The molecule has 5 nitrogen and oxygen atoms in total. The van der Waals surface area contributed by atoms with E-state index in [1.165, 1.54) is 0 Å². The van der Waals surface area contributed by atoms with Crippen molar-refractivity contribution in [2.75, 3.05) is 13.1 Å². The molecule has 2 amide bonds. The van der Waals surface area contributed by atoms with E-state index < -0.39 is 0 Å². The lowest BCUT2D eigenvalue weighted by molar-refractivity contribution is -0.00229. The molecule has 1 atom stereocenters. The van der Waals surface area contributed by atoms with Gasteiger partial charge in [0.05, 0.1) is 11.1 Å². The molecule has 2 fully saturated rings. The Morgan fingerprint density at radius 2 is 2.00 bits per heavy atom. The van der Waals surface area contributed by atoms with Crippen LogP contribution in [0.2, 0.25) is 0 Å². The minimum atomic E-state index is 0.0152. The van der Waals surface area contributed by atoms with Crippen LogP contribution in [0, 0.1) is 5.41 Å². The van der Waals surface area contributed by atoms with Crippen molar-refractivity contribution < 1.29 is 9.59 Å². The second kappa shape index (κ2) is 6.33. The average Bonchev–Trinajstić information content (AvgIpc) is 3.30. The van der Waals surface area contributed by atoms with Crippen LogP contribution < -0.4 is 5.32 Å². The molecule has 6 heteroatoms. The van der Waals surface area contributed by atoms with Crippen molar-refractivity contribution in [2.45, 2.75) is 31.7 Å². The number of aryl methyl sites for hydroxylation is 1. The van der Waals surface area contributed by atoms with Crippen molar-refractivity contribution in [1.82, 2.24) is 14.8 Å². The lowest BCUT2D eigenvalue weighted by atomic mass is 9.59. The molecule has 2 aromatic rings. The predicted molar refractivity (Wildman–Crippen MR) is 97.8 cm³/mol. The maximum absolute atomic E-state index is 12.5. The number of aromatic nitrogens is 1. The van der Waals surface area contributed by atoms with Crippen LogP contribution in [0.5, 0.6) is 0 Å². The number of piperidine rings is 1. The smallest absolute Gasteiger partial charge is 0.254 e. The molecule has 3 heterocycles. The van der Waals surface area contributed by atoms with Gasteiger partial charge in [0.25, 0.3) is 11.8 Å². The van der Waals surface area contributed by atoms with Crippen molar-refractivity contribution in [3.05, 3.63) is 46.4 Å². The molecular formula is C19H23N3O2S. The van der Waals surface area contributed by atoms with Crippen LogP contribution in [0.25, 0.3) is 0 Å². The van der Waals surface area contributed by atoms with Gasteiger partial charge in [-0.05, 0) is 48.6 Å². The fourth-order valence-electron chi connectivity index (χ4n) is 4.12. The fourth-order valence-corrected chi connectivity index (χ4v) is 4.75. The minimum Gasteiger partial charge on any atom is -0.356 e. The quantitative estimate of drug-likeness (QED) is 0.918. The molecule has 4 rings (SSSR count). The number of nitrogens with zero attached hydrogens (tertiary/aromatic N) is 2. The lowest BCUT2D eigenvalue weighted by Gasteiger charge is -2.54. The number of thiophene rings is 1. The average molecular weight is 357 g/mol. The van der Waals surface area contributed by atoms with E-state index in [9.17, 15) is 9.59 Å². The highest BCUT2D eigenvalue weighted by molar-refractivity contribution is 7.08. The number of carbonyl (C=O) groups is 2. The highest BCUT2D eigenvalue weighted by atomic mass is 32.1. The van der Waals surface area contributed by atoms with Crippen LogP contribution in [-0.2, 0) is 7.05 Å². The monoisotopic (exact) mass is 357 g/mol. The van der Waals surface area contributed by atoms with Crippen molar-refractivity contribution in [2.24, 2.45) is 12.5 Å². The van der Waals surface area contributed by atoms with Crippen molar-refractivity contribution in [3.8, 4) is 0 Å². The highest BCUT2D eigenvalue weighted by Gasteiger charge is 2.49. The Labute approximate surface area is 151 Å². The van der Waals surface area contributed by atoms with Gasteiger partial charge in [-0.15, -0.1) is 0 Å². The number of nitrogens with one attached hydrogen (secondary N) is 1. The van der Waals surface area contributed by atoms with E-state index in [0.29, 0.717) is 0 Å². The third kappa shape index (κ3) is 2.99. The third-order valence-electron chi connectivity index (χ3n) is 5.88. The van der Waals surface area contributed by atoms with E-state index in [1.807, 2.05) is 51.8 Å². The van der Waals surface area contributed by atoms with Gasteiger partial charge in [0.15, 0.2) is 0 Å². The molecular weight excluding hydrogens is 334 g/mol. The first-order chi connectivity index (χ1) is 12.1. The Balaban J connectivity index is 1.36. The van der Waals surface area contributed by atoms with Crippen LogP contribution in [0.4, 0.5) is 0 Å². The van der Waals surface area contributed by atoms with E-state index in [4.69, 9.17) is 0 Å². The van der Waals surface area contributed by atoms with Crippen molar-refractivity contribution in [1.29, 1.82) is 0 Å². The van der Waals surface area contributed by atoms with Crippen LogP contribution in [-0.4, -0.2) is 40.4 Å². The molecule has 25 heavy (non-hydrogen) atoms. The molecule has 1 N–H and O–H groups in total. The molecule has 0 radical (unpaired) electrons. The molecule has 1 spiro atoms. The van der Waals surface area contributed by atoms with Gasteiger partial charge < -0.3 is 14.8 Å². The first-order valence-corrected chi connectivity index (χ1v) is 9.76. The van der Waals surface area contributed by atoms with Crippen LogP contribution in [0.3, 0.4) is 0 Å². The van der Waals surface area contributed by atoms with E-state index >= 15 is 0 Å². The zero-order valence-electron chi connectivity index (χ0n) is 14.4. The summed E-state index contributed by atoms with van der Waals surface area (Å²) in [6.07, 6.45) is 7.87. The van der Waals surface area contributed by atoms with Gasteiger partial charge in [-0.2, -0.15) is 11.3 Å². The molecule has 2 aromatic heterocycles. The highest BCUT2D eigenvalue weighted by Crippen LogP contribution is 2.49. The maximum Gasteiger partial charge on any atom is 0.254 e. The predicted octanol–water partition coefficient (Wildman–Crippen LogP) is 2.90. The van der Waals surface area contributed by atoms with Crippen LogP contribution >= 0.6 is 11.3 Å². The van der Waals surface area contributed by atoms with E-state index in [0.717, 1.165) is 49.9 Å². The van der Waals surface area contributed by atoms with Gasteiger partial charge in [0.1, 0.15) is 0 Å². The number of hydrogen-bond acceptors (Lipinski definition) is 3. The second-order valence-corrected chi connectivity index (χ2v) is 8.08. The van der Waals surface area contributed by atoms with E-state index in [2.05, 4.69) is 5.32 Å². The molecule has 0 aromatic carbocycles. The van der Waals surface area contributed by atoms with E-state index in [1.54, 1.807) is 11.3 Å². The van der Waals surface area contributed by atoms with Crippen molar-refractivity contribution >= 4 is 23.2 Å². The standard InChI is InChI=1S/C19H23N3O2S/c1-21-8-3-14(12-21)17(23)20-16-2-5-19(16)6-9-22(10-7-19)18(24)15-4-11-25-13-15/h3-4,8,11-13,16H,2,5-7,9-10H2,1H3,(H,20,23)/t16-/m0/s1. The molecule has 1 saturated carbocycles. The van der Waals surface area contributed by atoms with Gasteiger partial charge >= 0.3 is 0 Å². The number of carbonyl (C=O) groups excluding carboxylic acids is 2. The molecule has 1 aliphatic carbocycles. The molecule has 1 saturated heterocycles. The summed E-state index contributed by atoms with van der Waals surface area (Å²) >= 11 is 1.56. The summed E-state index contributed by atoms with van der Waals surface area (Å²) in [7, 11) is 1.92. The minimum absolute atomic E-state index is 0.0152. The number of rotatable bonds is 3. The van der Waals surface area contributed by atoms with Gasteiger partial charge in [0.2, 0.25) is 0 Å². The fraction of sp³-hybridized carbons (Fsp3) is 0.474. The molecule has 2 aliphatic rings. The molecule has 0 unspecified atom stereocenters. The Morgan fingerprint density at radius 3 is 2.56 bits per heavy atom. The summed E-state index contributed by atoms with van der Waals surface area (Å²) in [5, 5.41) is 7.08. The zero-order valence-corrected chi connectivity index (χ0v) is 15.2. The van der Waals surface area contributed by atoms with Crippen molar-refractivity contribution in [3.63, 3.8) is 0 Å². The summed E-state index contributed by atoms with van der Waals surface area (Å²) < 4.78 is 1.89. The summed E-state index contributed by atoms with van der Waals surface area (Å²) in [5.41, 5.74) is 1.69. The number of hydrogen-bond donors (Lipinski definition) is 1. The summed E-state index contributed by atoms with van der Waals surface area (Å²) in [5.74, 6) is 0.154. The lowest BCUT2D eigenvalue weighted by Crippen LogP contribution is -2.59. The Bertz CT molecular complexity index is 772. The molecule has 1 aliphatic heterocycles. The Kier molecular flexibility index (Phi) is 4.15. The van der Waals surface area contributed by atoms with Gasteiger partial charge in [-0.1, -0.05) is 0 Å². The van der Waals surface area contributed by atoms with Gasteiger partial charge in [-0.25, -0.2) is 0 Å². The summed E-state index contributed by atoms with van der Waals surface area (Å²) in [6.45, 7) is 1.57. The Hall–Kier alpha value is -2.08. The number of likely N-dealkylation sites (tertiary alicyclic amines) is 1. The second-order valence-electron chi connectivity index (χ2n) is 7.30. The SMILES string of the molecule is Cn1ccc(C(=O)N[C@H]2CCC23CCN(C(=O)c2ccsc2)CC3)c1. The summed E-state index contributed by atoms with van der Waals surface area (Å²) in [4.78, 5) is 26.9. The molecule has 132 valence electrons. The van der Waals surface area contributed by atoms with Gasteiger partial charge in [-0.3, -0.25) is 9.59 Å². The largest absolute Gasteiger partial charge is 0.356 e. The van der Waals surface area contributed by atoms with Crippen LogP contribution in [0.1, 0.15) is 46.4 Å². The zero-order chi connectivity index (χ0) is 17.4. The Morgan fingerprint density at radius 1 is 1.20 bits per heavy atom. The van der Waals surface area contributed by atoms with E-state index in [-0.39, 0.29) is 23.3 Å². The number of amides is 2. The van der Waals surface area contributed by atoms with Gasteiger partial charge in [0, 0.05) is 44.0 Å². The summed E-state index contributed by atoms with van der Waals surface area (Å²) in [6, 6.07) is 3.98. The normalized spacial score (nSPS) is 21.8. The first kappa shape index (κ1) is 16.4. The van der Waals surface area contributed by atoms with Crippen LogP contribution in [0.15, 0.2) is 35.3 Å².